The van der Waals surface area contributed by atoms with Crippen LogP contribution in [0.4, 0.5) is 0 Å². The van der Waals surface area contributed by atoms with Crippen molar-refractivity contribution in [3.05, 3.63) is 33.6 Å². The second-order valence-corrected chi connectivity index (χ2v) is 7.32. The molecule has 0 radical (unpaired) electrons. The maximum Gasteiger partial charge on any atom is 0.249 e. The molecule has 2 aromatic heterocycles. The number of aromatic nitrogens is 2. The van der Waals surface area contributed by atoms with E-state index in [2.05, 4.69) is 21.6 Å². The van der Waals surface area contributed by atoms with Crippen molar-refractivity contribution in [3.63, 3.8) is 0 Å². The van der Waals surface area contributed by atoms with E-state index in [0.29, 0.717) is 24.7 Å². The molecule has 23 heavy (non-hydrogen) atoms. The van der Waals surface area contributed by atoms with E-state index in [0.717, 1.165) is 24.8 Å². The van der Waals surface area contributed by atoms with Crippen LogP contribution in [0.1, 0.15) is 53.4 Å². The molecule has 0 saturated carbocycles. The number of aliphatic hydroxyl groups excluding tert-OH is 1. The molecule has 0 aromatic carbocycles. The molecule has 1 fully saturated rings. The van der Waals surface area contributed by atoms with Crippen molar-refractivity contribution in [2.24, 2.45) is 0 Å². The van der Waals surface area contributed by atoms with Gasteiger partial charge in [-0.1, -0.05) is 5.16 Å². The number of fused-ring (bicyclic) bond motifs is 1. The van der Waals surface area contributed by atoms with E-state index in [9.17, 15) is 9.90 Å². The quantitative estimate of drug-likeness (QED) is 0.911. The van der Waals surface area contributed by atoms with Gasteiger partial charge in [-0.05, 0) is 43.2 Å². The Kier molecular flexibility index (Phi) is 3.69. The molecule has 2 aliphatic rings. The molecule has 122 valence electrons. The van der Waals surface area contributed by atoms with E-state index in [4.69, 9.17) is 4.52 Å². The summed E-state index contributed by atoms with van der Waals surface area (Å²) >= 11 is 1.73. The molecule has 6 nitrogen and oxygen atoms in total. The maximum absolute atomic E-state index is 13.1. The molecule has 1 aliphatic carbocycles. The number of amides is 1. The molecule has 3 atom stereocenters. The fourth-order valence-electron chi connectivity index (χ4n) is 3.68. The number of hydrogen-bond acceptors (Lipinski definition) is 6. The molecule has 1 aliphatic heterocycles. The smallest absolute Gasteiger partial charge is 0.249 e. The van der Waals surface area contributed by atoms with Crippen LogP contribution in [-0.4, -0.2) is 38.7 Å². The first kappa shape index (κ1) is 14.8. The monoisotopic (exact) mass is 333 g/mol. The molecule has 1 saturated heterocycles. The number of aliphatic hydroxyl groups is 1. The fourth-order valence-corrected chi connectivity index (χ4v) is 4.67. The van der Waals surface area contributed by atoms with Crippen LogP contribution in [0, 0.1) is 6.92 Å². The van der Waals surface area contributed by atoms with Crippen LogP contribution >= 0.6 is 11.3 Å². The number of hydrogen-bond donors (Lipinski definition) is 1. The number of β-amino-alcohol motifs (C(OH)–C–C–N with tert-alkyl or cyclic N) is 1. The minimum atomic E-state index is -0.540. The average molecular weight is 333 g/mol. The van der Waals surface area contributed by atoms with E-state index in [1.54, 1.807) is 23.2 Å². The summed E-state index contributed by atoms with van der Waals surface area (Å²) < 4.78 is 5.25. The summed E-state index contributed by atoms with van der Waals surface area (Å²) in [5.74, 6) is 0.934. The minimum Gasteiger partial charge on any atom is -0.391 e. The highest BCUT2D eigenvalue weighted by molar-refractivity contribution is 7.10. The number of thiophene rings is 1. The van der Waals surface area contributed by atoms with Crippen LogP contribution in [0.15, 0.2) is 16.0 Å². The summed E-state index contributed by atoms with van der Waals surface area (Å²) in [5, 5.41) is 15.9. The zero-order chi connectivity index (χ0) is 16.0. The molecule has 3 heterocycles. The first-order valence-corrected chi connectivity index (χ1v) is 8.86. The van der Waals surface area contributed by atoms with Crippen molar-refractivity contribution in [2.75, 3.05) is 6.54 Å². The Hall–Kier alpha value is -1.73. The molecule has 0 spiro atoms. The largest absolute Gasteiger partial charge is 0.391 e. The summed E-state index contributed by atoms with van der Waals surface area (Å²) in [7, 11) is 0. The third-order valence-electron chi connectivity index (χ3n) is 4.74. The highest BCUT2D eigenvalue weighted by Gasteiger charge is 2.42. The highest BCUT2D eigenvalue weighted by Crippen LogP contribution is 2.40. The normalized spacial score (nSPS) is 27.2. The third kappa shape index (κ3) is 2.57. The van der Waals surface area contributed by atoms with Gasteiger partial charge in [0.05, 0.1) is 12.0 Å². The number of aryl methyl sites for hydroxylation is 2. The molecule has 1 N–H and O–H groups in total. The zero-order valence-electron chi connectivity index (χ0n) is 12.9. The van der Waals surface area contributed by atoms with E-state index < -0.39 is 6.10 Å². The van der Waals surface area contributed by atoms with E-state index in [1.165, 1.54) is 4.88 Å². The van der Waals surface area contributed by atoms with Crippen molar-refractivity contribution in [1.82, 2.24) is 15.0 Å². The maximum atomic E-state index is 13.1. The molecule has 7 heteroatoms. The summed E-state index contributed by atoms with van der Waals surface area (Å²) in [6.07, 6.45) is 2.87. The lowest BCUT2D eigenvalue weighted by atomic mass is 9.86. The van der Waals surface area contributed by atoms with Gasteiger partial charge in [-0.25, -0.2) is 0 Å². The van der Waals surface area contributed by atoms with Crippen LogP contribution in [0.25, 0.3) is 0 Å². The Labute approximate surface area is 138 Å². The molecular formula is C16H19N3O3S. The topological polar surface area (TPSA) is 79.5 Å². The molecule has 2 aromatic rings. The number of likely N-dealkylation sites (tertiary alicyclic amines) is 1. The molecule has 1 amide bonds. The number of nitrogens with zero attached hydrogens (tertiary/aromatic N) is 3. The predicted molar refractivity (Wildman–Crippen MR) is 84.1 cm³/mol. The minimum absolute atomic E-state index is 0.0711. The van der Waals surface area contributed by atoms with Gasteiger partial charge >= 0.3 is 0 Å². The predicted octanol–water partition coefficient (Wildman–Crippen LogP) is 2.19. The Morgan fingerprint density at radius 1 is 1.52 bits per heavy atom. The van der Waals surface area contributed by atoms with E-state index >= 15 is 0 Å². The molecule has 4 rings (SSSR count). The highest BCUT2D eigenvalue weighted by atomic mass is 32.1. The number of rotatable bonds is 2. The number of carbonyl (C=O) groups is 1. The molecule has 0 unspecified atom stereocenters. The van der Waals surface area contributed by atoms with Gasteiger partial charge in [-0.2, -0.15) is 4.98 Å². The van der Waals surface area contributed by atoms with Gasteiger partial charge in [0.2, 0.25) is 11.8 Å². The summed E-state index contributed by atoms with van der Waals surface area (Å²) in [4.78, 5) is 20.4. The SMILES string of the molecule is Cc1noc([C@H]2C[C@H](O)CN2C(=O)[C@@H]2CCCc3sccc32)n1. The Morgan fingerprint density at radius 3 is 3.17 bits per heavy atom. The second kappa shape index (κ2) is 5.72. The number of carbonyl (C=O) groups excluding carboxylic acids is 1. The van der Waals surface area contributed by atoms with Gasteiger partial charge in [0.25, 0.3) is 0 Å². The zero-order valence-corrected chi connectivity index (χ0v) is 13.8. The van der Waals surface area contributed by atoms with Gasteiger partial charge in [0, 0.05) is 17.8 Å². The molecular weight excluding hydrogens is 314 g/mol. The first-order valence-electron chi connectivity index (χ1n) is 7.98. The van der Waals surface area contributed by atoms with Crippen LogP contribution in [0.3, 0.4) is 0 Å². The lowest BCUT2D eigenvalue weighted by Crippen LogP contribution is -2.36. The summed E-state index contributed by atoms with van der Waals surface area (Å²) in [6.45, 7) is 2.09. The Balaban J connectivity index is 1.62. The van der Waals surface area contributed by atoms with Gasteiger partial charge in [0.15, 0.2) is 5.82 Å². The Bertz CT molecular complexity index is 726. The van der Waals surface area contributed by atoms with Gasteiger partial charge in [-0.3, -0.25) is 4.79 Å². The van der Waals surface area contributed by atoms with E-state index in [-0.39, 0.29) is 17.9 Å². The van der Waals surface area contributed by atoms with Crippen molar-refractivity contribution >= 4 is 17.2 Å². The second-order valence-electron chi connectivity index (χ2n) is 6.32. The first-order chi connectivity index (χ1) is 11.1. The third-order valence-corrected chi connectivity index (χ3v) is 5.74. The van der Waals surface area contributed by atoms with Crippen LogP contribution < -0.4 is 0 Å². The fraction of sp³-hybridized carbons (Fsp3) is 0.562. The van der Waals surface area contributed by atoms with E-state index in [1.807, 2.05) is 0 Å². The van der Waals surface area contributed by atoms with Gasteiger partial charge < -0.3 is 14.5 Å². The van der Waals surface area contributed by atoms with Crippen LogP contribution in [0.2, 0.25) is 0 Å². The lowest BCUT2D eigenvalue weighted by molar-refractivity contribution is -0.134. The summed E-state index contributed by atoms with van der Waals surface area (Å²) in [5.41, 5.74) is 1.16. The lowest BCUT2D eigenvalue weighted by Gasteiger charge is -2.29. The van der Waals surface area contributed by atoms with Crippen molar-refractivity contribution < 1.29 is 14.4 Å². The van der Waals surface area contributed by atoms with Crippen molar-refractivity contribution in [1.29, 1.82) is 0 Å². The van der Waals surface area contributed by atoms with Gasteiger partial charge in [-0.15, -0.1) is 11.3 Å². The molecule has 0 bridgehead atoms. The van der Waals surface area contributed by atoms with Crippen LogP contribution in [-0.2, 0) is 11.2 Å². The average Bonchev–Trinajstić information content (AvgIpc) is 3.24. The van der Waals surface area contributed by atoms with Gasteiger partial charge in [0.1, 0.15) is 6.04 Å². The van der Waals surface area contributed by atoms with Crippen molar-refractivity contribution in [3.8, 4) is 0 Å². The standard InChI is InChI=1S/C16H19N3O3S/c1-9-17-15(22-18-9)13-7-10(20)8-19(13)16(21)12-3-2-4-14-11(12)5-6-23-14/h5-6,10,12-13,20H,2-4,7-8H2,1H3/t10-,12+,13+/m0/s1. The van der Waals surface area contributed by atoms with Crippen molar-refractivity contribution in [2.45, 2.75) is 50.7 Å². The Morgan fingerprint density at radius 2 is 2.39 bits per heavy atom. The summed E-state index contributed by atoms with van der Waals surface area (Å²) in [6, 6.07) is 1.75. The van der Waals surface area contributed by atoms with Crippen LogP contribution in [0.5, 0.6) is 0 Å².